The minimum absolute atomic E-state index is 0.0766. The SMILES string of the molecule is CCCN(CCC)CC(O)CCO. The fourth-order valence-electron chi connectivity index (χ4n) is 1.47. The molecule has 0 aromatic rings. The first-order chi connectivity index (χ1) is 6.24. The third-order valence-corrected chi connectivity index (χ3v) is 2.01. The van der Waals surface area contributed by atoms with E-state index in [0.29, 0.717) is 13.0 Å². The van der Waals surface area contributed by atoms with Crippen LogP contribution in [0, 0.1) is 0 Å². The highest BCUT2D eigenvalue weighted by atomic mass is 16.3. The second-order valence-electron chi connectivity index (χ2n) is 3.47. The van der Waals surface area contributed by atoms with Gasteiger partial charge in [0.25, 0.3) is 0 Å². The monoisotopic (exact) mass is 189 g/mol. The zero-order chi connectivity index (χ0) is 10.1. The first kappa shape index (κ1) is 12.9. The molecule has 0 fully saturated rings. The van der Waals surface area contributed by atoms with Gasteiger partial charge in [0.05, 0.1) is 6.10 Å². The molecule has 0 aliphatic rings. The van der Waals surface area contributed by atoms with Crippen LogP contribution in [-0.2, 0) is 0 Å². The van der Waals surface area contributed by atoms with Gasteiger partial charge in [0, 0.05) is 13.2 Å². The van der Waals surface area contributed by atoms with Crippen molar-refractivity contribution in [2.24, 2.45) is 0 Å². The molecule has 0 radical (unpaired) electrons. The number of aliphatic hydroxyl groups excluding tert-OH is 2. The average Bonchev–Trinajstić information content (AvgIpc) is 2.05. The van der Waals surface area contributed by atoms with Crippen LogP contribution < -0.4 is 0 Å². The van der Waals surface area contributed by atoms with Crippen LogP contribution in [0.25, 0.3) is 0 Å². The maximum atomic E-state index is 9.47. The van der Waals surface area contributed by atoms with Crippen molar-refractivity contribution in [1.29, 1.82) is 0 Å². The van der Waals surface area contributed by atoms with Crippen LogP contribution >= 0.6 is 0 Å². The smallest absolute Gasteiger partial charge is 0.0688 e. The lowest BCUT2D eigenvalue weighted by Gasteiger charge is -2.23. The number of rotatable bonds is 8. The van der Waals surface area contributed by atoms with Crippen molar-refractivity contribution < 1.29 is 10.2 Å². The molecule has 0 heterocycles. The summed E-state index contributed by atoms with van der Waals surface area (Å²) in [6, 6.07) is 0. The Morgan fingerprint density at radius 1 is 1.15 bits per heavy atom. The number of hydrogen-bond acceptors (Lipinski definition) is 3. The Labute approximate surface area is 81.4 Å². The highest BCUT2D eigenvalue weighted by molar-refractivity contribution is 4.63. The predicted octanol–water partition coefficient (Wildman–Crippen LogP) is 0.852. The molecule has 0 saturated heterocycles. The first-order valence-corrected chi connectivity index (χ1v) is 5.25. The van der Waals surface area contributed by atoms with E-state index in [1.165, 1.54) is 0 Å². The minimum atomic E-state index is -0.372. The van der Waals surface area contributed by atoms with Crippen molar-refractivity contribution >= 4 is 0 Å². The van der Waals surface area contributed by atoms with E-state index in [4.69, 9.17) is 5.11 Å². The summed E-state index contributed by atoms with van der Waals surface area (Å²) in [5, 5.41) is 18.1. The molecule has 0 amide bonds. The molecule has 1 atom stereocenters. The van der Waals surface area contributed by atoms with Crippen LogP contribution in [0.4, 0.5) is 0 Å². The highest BCUT2D eigenvalue weighted by Crippen LogP contribution is 1.99. The Balaban J connectivity index is 3.64. The van der Waals surface area contributed by atoms with Crippen molar-refractivity contribution in [2.75, 3.05) is 26.2 Å². The van der Waals surface area contributed by atoms with Gasteiger partial charge in [0.15, 0.2) is 0 Å². The topological polar surface area (TPSA) is 43.7 Å². The summed E-state index contributed by atoms with van der Waals surface area (Å²) in [6.45, 7) is 7.13. The fraction of sp³-hybridized carbons (Fsp3) is 1.00. The normalized spacial score (nSPS) is 13.6. The molecule has 2 N–H and O–H groups in total. The van der Waals surface area contributed by atoms with Gasteiger partial charge in [-0.15, -0.1) is 0 Å². The Morgan fingerprint density at radius 3 is 2.08 bits per heavy atom. The summed E-state index contributed by atoms with van der Waals surface area (Å²) in [7, 11) is 0. The Bertz CT molecular complexity index is 103. The van der Waals surface area contributed by atoms with E-state index in [1.807, 2.05) is 0 Å². The molecule has 1 unspecified atom stereocenters. The molecule has 3 nitrogen and oxygen atoms in total. The van der Waals surface area contributed by atoms with E-state index in [-0.39, 0.29) is 12.7 Å². The van der Waals surface area contributed by atoms with E-state index in [9.17, 15) is 5.11 Å². The molecular formula is C10H23NO2. The van der Waals surface area contributed by atoms with Gasteiger partial charge < -0.3 is 15.1 Å². The van der Waals surface area contributed by atoms with Crippen molar-refractivity contribution in [3.63, 3.8) is 0 Å². The number of nitrogens with zero attached hydrogens (tertiary/aromatic N) is 1. The van der Waals surface area contributed by atoms with Gasteiger partial charge >= 0.3 is 0 Å². The van der Waals surface area contributed by atoms with E-state index < -0.39 is 0 Å². The van der Waals surface area contributed by atoms with E-state index in [1.54, 1.807) is 0 Å². The van der Waals surface area contributed by atoms with Gasteiger partial charge in [0.2, 0.25) is 0 Å². The van der Waals surface area contributed by atoms with Crippen molar-refractivity contribution in [1.82, 2.24) is 4.90 Å². The molecular weight excluding hydrogens is 166 g/mol. The lowest BCUT2D eigenvalue weighted by Crippen LogP contribution is -2.34. The first-order valence-electron chi connectivity index (χ1n) is 5.25. The number of hydrogen-bond donors (Lipinski definition) is 2. The minimum Gasteiger partial charge on any atom is -0.396 e. The maximum Gasteiger partial charge on any atom is 0.0688 e. The molecule has 0 spiro atoms. The molecule has 0 aromatic carbocycles. The fourth-order valence-corrected chi connectivity index (χ4v) is 1.47. The van der Waals surface area contributed by atoms with Gasteiger partial charge in [-0.3, -0.25) is 0 Å². The Kier molecular flexibility index (Phi) is 8.40. The molecule has 80 valence electrons. The summed E-state index contributed by atoms with van der Waals surface area (Å²) < 4.78 is 0. The molecule has 0 aliphatic heterocycles. The molecule has 3 heteroatoms. The van der Waals surface area contributed by atoms with Gasteiger partial charge in [-0.2, -0.15) is 0 Å². The second kappa shape index (κ2) is 8.48. The van der Waals surface area contributed by atoms with Crippen LogP contribution in [-0.4, -0.2) is 47.5 Å². The second-order valence-corrected chi connectivity index (χ2v) is 3.47. The van der Waals surface area contributed by atoms with Gasteiger partial charge in [-0.25, -0.2) is 0 Å². The highest BCUT2D eigenvalue weighted by Gasteiger charge is 2.09. The van der Waals surface area contributed by atoms with Crippen molar-refractivity contribution in [3.8, 4) is 0 Å². The van der Waals surface area contributed by atoms with Gasteiger partial charge in [0.1, 0.15) is 0 Å². The van der Waals surface area contributed by atoms with Crippen molar-refractivity contribution in [3.05, 3.63) is 0 Å². The predicted molar refractivity (Wildman–Crippen MR) is 54.7 cm³/mol. The Morgan fingerprint density at radius 2 is 1.69 bits per heavy atom. The number of aliphatic hydroxyl groups is 2. The quantitative estimate of drug-likeness (QED) is 0.595. The van der Waals surface area contributed by atoms with Crippen LogP contribution in [0.15, 0.2) is 0 Å². The van der Waals surface area contributed by atoms with Crippen molar-refractivity contribution in [2.45, 2.75) is 39.2 Å². The summed E-state index contributed by atoms with van der Waals surface area (Å²) in [6.07, 6.45) is 2.35. The molecule has 0 bridgehead atoms. The third kappa shape index (κ3) is 6.99. The molecule has 13 heavy (non-hydrogen) atoms. The van der Waals surface area contributed by atoms with Crippen LogP contribution in [0.3, 0.4) is 0 Å². The molecule has 0 saturated carbocycles. The van der Waals surface area contributed by atoms with Crippen LogP contribution in [0.2, 0.25) is 0 Å². The standard InChI is InChI=1S/C10H23NO2/c1-3-6-11(7-4-2)9-10(13)5-8-12/h10,12-13H,3-9H2,1-2H3. The molecule has 0 aliphatic carbocycles. The lowest BCUT2D eigenvalue weighted by molar-refractivity contribution is 0.0875. The maximum absolute atomic E-state index is 9.47. The zero-order valence-electron chi connectivity index (χ0n) is 8.87. The average molecular weight is 189 g/mol. The van der Waals surface area contributed by atoms with Gasteiger partial charge in [-0.1, -0.05) is 13.8 Å². The molecule has 0 aromatic heterocycles. The summed E-state index contributed by atoms with van der Waals surface area (Å²) in [5.41, 5.74) is 0. The van der Waals surface area contributed by atoms with E-state index >= 15 is 0 Å². The van der Waals surface area contributed by atoms with E-state index in [2.05, 4.69) is 18.7 Å². The summed E-state index contributed by atoms with van der Waals surface area (Å²) in [5.74, 6) is 0. The third-order valence-electron chi connectivity index (χ3n) is 2.01. The van der Waals surface area contributed by atoms with Gasteiger partial charge in [-0.05, 0) is 32.4 Å². The summed E-state index contributed by atoms with van der Waals surface area (Å²) >= 11 is 0. The lowest BCUT2D eigenvalue weighted by atomic mass is 10.2. The summed E-state index contributed by atoms with van der Waals surface area (Å²) in [4.78, 5) is 2.25. The van der Waals surface area contributed by atoms with Crippen LogP contribution in [0.5, 0.6) is 0 Å². The Hall–Kier alpha value is -0.120. The molecule has 0 rings (SSSR count). The van der Waals surface area contributed by atoms with E-state index in [0.717, 1.165) is 25.9 Å². The largest absolute Gasteiger partial charge is 0.396 e. The zero-order valence-corrected chi connectivity index (χ0v) is 8.87. The van der Waals surface area contributed by atoms with Crippen LogP contribution in [0.1, 0.15) is 33.1 Å².